The fourth-order valence-corrected chi connectivity index (χ4v) is 2.58. The maximum absolute atomic E-state index is 13.8. The Morgan fingerprint density at radius 3 is 2.76 bits per heavy atom. The third kappa shape index (κ3) is 4.43. The Balaban J connectivity index is 2.15. The monoisotopic (exact) mass is 371 g/mol. The molecule has 0 amide bonds. The van der Waals surface area contributed by atoms with E-state index in [0.29, 0.717) is 17.1 Å². The summed E-state index contributed by atoms with van der Waals surface area (Å²) >= 11 is 9.22. The summed E-state index contributed by atoms with van der Waals surface area (Å²) in [6.45, 7) is 3.78. The highest BCUT2D eigenvalue weighted by molar-refractivity contribution is 9.10. The van der Waals surface area contributed by atoms with Crippen LogP contribution < -0.4 is 10.1 Å². The van der Waals surface area contributed by atoms with Crippen LogP contribution >= 0.6 is 27.5 Å². The number of halogens is 3. The van der Waals surface area contributed by atoms with Crippen molar-refractivity contribution in [1.82, 2.24) is 5.32 Å². The zero-order valence-electron chi connectivity index (χ0n) is 11.6. The van der Waals surface area contributed by atoms with Gasteiger partial charge in [0.05, 0.1) is 4.47 Å². The molecule has 0 saturated heterocycles. The first-order valence-electron chi connectivity index (χ1n) is 6.66. The summed E-state index contributed by atoms with van der Waals surface area (Å²) < 4.78 is 20.4. The van der Waals surface area contributed by atoms with Crippen LogP contribution in [0.5, 0.6) is 5.75 Å². The van der Waals surface area contributed by atoms with Crippen LogP contribution in [0.15, 0.2) is 40.9 Å². The van der Waals surface area contributed by atoms with Crippen molar-refractivity contribution in [2.45, 2.75) is 20.1 Å². The Hall–Kier alpha value is -1.10. The van der Waals surface area contributed by atoms with Crippen LogP contribution in [0.25, 0.3) is 0 Å². The molecule has 0 radical (unpaired) electrons. The van der Waals surface area contributed by atoms with Crippen molar-refractivity contribution in [3.8, 4) is 5.75 Å². The molecule has 2 nitrogen and oxygen atoms in total. The van der Waals surface area contributed by atoms with Crippen molar-refractivity contribution >= 4 is 27.5 Å². The third-order valence-electron chi connectivity index (χ3n) is 3.00. The van der Waals surface area contributed by atoms with Crippen molar-refractivity contribution in [2.75, 3.05) is 6.54 Å². The lowest BCUT2D eigenvalue weighted by molar-refractivity contribution is 0.294. The van der Waals surface area contributed by atoms with Crippen LogP contribution in [-0.2, 0) is 13.2 Å². The normalized spacial score (nSPS) is 10.7. The number of para-hydroxylation sites is 1. The van der Waals surface area contributed by atoms with Crippen molar-refractivity contribution in [3.63, 3.8) is 0 Å². The molecule has 112 valence electrons. The molecule has 2 aromatic carbocycles. The molecule has 0 spiro atoms. The van der Waals surface area contributed by atoms with Crippen LogP contribution in [0.2, 0.25) is 5.02 Å². The van der Waals surface area contributed by atoms with Gasteiger partial charge in [-0.15, -0.1) is 0 Å². The largest absolute Gasteiger partial charge is 0.487 e. The Morgan fingerprint density at radius 1 is 1.24 bits per heavy atom. The number of rotatable bonds is 6. The maximum atomic E-state index is 13.8. The van der Waals surface area contributed by atoms with Crippen LogP contribution in [0.4, 0.5) is 4.39 Å². The molecule has 0 aromatic heterocycles. The summed E-state index contributed by atoms with van der Waals surface area (Å²) in [7, 11) is 0. The summed E-state index contributed by atoms with van der Waals surface area (Å²) in [5.41, 5.74) is 1.50. The van der Waals surface area contributed by atoms with E-state index in [1.165, 1.54) is 6.07 Å². The van der Waals surface area contributed by atoms with Crippen molar-refractivity contribution in [3.05, 3.63) is 62.8 Å². The molecule has 0 fully saturated rings. The van der Waals surface area contributed by atoms with E-state index in [1.54, 1.807) is 12.1 Å². The van der Waals surface area contributed by atoms with Crippen LogP contribution in [0, 0.1) is 5.82 Å². The van der Waals surface area contributed by atoms with Gasteiger partial charge in [0, 0.05) is 22.7 Å². The minimum absolute atomic E-state index is 0.157. The smallest absolute Gasteiger partial charge is 0.138 e. The molecule has 0 aliphatic heterocycles. The second-order valence-electron chi connectivity index (χ2n) is 4.53. The standard InChI is InChI=1S/C16H16BrClFNO/c1-2-20-9-11-4-3-5-14(17)16(11)21-10-12-6-7-13(18)8-15(12)19/h3-8,20H,2,9-10H2,1H3. The molecule has 21 heavy (non-hydrogen) atoms. The quantitative estimate of drug-likeness (QED) is 0.776. The molecule has 0 unspecified atom stereocenters. The predicted molar refractivity (Wildman–Crippen MR) is 87.3 cm³/mol. The van der Waals surface area contributed by atoms with Gasteiger partial charge in [-0.1, -0.05) is 36.7 Å². The van der Waals surface area contributed by atoms with E-state index in [4.69, 9.17) is 16.3 Å². The molecule has 5 heteroatoms. The van der Waals surface area contributed by atoms with E-state index < -0.39 is 0 Å². The Morgan fingerprint density at radius 2 is 2.05 bits per heavy atom. The number of benzene rings is 2. The van der Waals surface area contributed by atoms with Crippen molar-refractivity contribution in [2.24, 2.45) is 0 Å². The number of ether oxygens (including phenoxy) is 1. The van der Waals surface area contributed by atoms with Gasteiger partial charge in [0.25, 0.3) is 0 Å². The van der Waals surface area contributed by atoms with E-state index in [2.05, 4.69) is 21.2 Å². The van der Waals surface area contributed by atoms with Crippen molar-refractivity contribution < 1.29 is 9.13 Å². The first kappa shape index (κ1) is 16.3. The van der Waals surface area contributed by atoms with Crippen LogP contribution in [0.3, 0.4) is 0 Å². The van der Waals surface area contributed by atoms with Gasteiger partial charge in [0.15, 0.2) is 0 Å². The lowest BCUT2D eigenvalue weighted by Crippen LogP contribution is -2.13. The lowest BCUT2D eigenvalue weighted by atomic mass is 10.2. The molecule has 2 rings (SSSR count). The minimum Gasteiger partial charge on any atom is -0.487 e. The highest BCUT2D eigenvalue weighted by Crippen LogP contribution is 2.30. The van der Waals surface area contributed by atoms with E-state index in [9.17, 15) is 4.39 Å². The van der Waals surface area contributed by atoms with Gasteiger partial charge in [-0.25, -0.2) is 4.39 Å². The van der Waals surface area contributed by atoms with Gasteiger partial charge >= 0.3 is 0 Å². The molecule has 0 heterocycles. The van der Waals surface area contributed by atoms with Crippen molar-refractivity contribution in [1.29, 1.82) is 0 Å². The molecule has 1 N–H and O–H groups in total. The third-order valence-corrected chi connectivity index (χ3v) is 3.86. The van der Waals surface area contributed by atoms with Crippen LogP contribution in [-0.4, -0.2) is 6.54 Å². The topological polar surface area (TPSA) is 21.3 Å². The fraction of sp³-hybridized carbons (Fsp3) is 0.250. The Labute approximate surface area is 137 Å². The first-order valence-corrected chi connectivity index (χ1v) is 7.83. The Bertz CT molecular complexity index is 621. The average Bonchev–Trinajstić information content (AvgIpc) is 2.45. The molecule has 0 bridgehead atoms. The molecule has 0 saturated carbocycles. The molecular weight excluding hydrogens is 357 g/mol. The van der Waals surface area contributed by atoms with Gasteiger partial charge in [-0.3, -0.25) is 0 Å². The first-order chi connectivity index (χ1) is 10.1. The summed E-state index contributed by atoms with van der Waals surface area (Å²) in [6.07, 6.45) is 0. The maximum Gasteiger partial charge on any atom is 0.138 e. The molecule has 0 aliphatic carbocycles. The minimum atomic E-state index is -0.359. The van der Waals surface area contributed by atoms with Gasteiger partial charge in [0.2, 0.25) is 0 Å². The molecule has 0 aliphatic rings. The predicted octanol–water partition coefficient (Wildman–Crippen LogP) is 4.93. The average molecular weight is 373 g/mol. The highest BCUT2D eigenvalue weighted by Gasteiger charge is 2.10. The summed E-state index contributed by atoms with van der Waals surface area (Å²) in [6, 6.07) is 10.4. The zero-order chi connectivity index (χ0) is 15.2. The lowest BCUT2D eigenvalue weighted by Gasteiger charge is -2.14. The van der Waals surface area contributed by atoms with Crippen LogP contribution in [0.1, 0.15) is 18.1 Å². The number of hydrogen-bond acceptors (Lipinski definition) is 2. The SMILES string of the molecule is CCNCc1cccc(Br)c1OCc1ccc(Cl)cc1F. The van der Waals surface area contributed by atoms with Gasteiger partial charge < -0.3 is 10.1 Å². The summed E-state index contributed by atoms with van der Waals surface area (Å²) in [5.74, 6) is 0.371. The second-order valence-corrected chi connectivity index (χ2v) is 5.82. The second kappa shape index (κ2) is 7.78. The fourth-order valence-electron chi connectivity index (χ4n) is 1.90. The molecular formula is C16H16BrClFNO. The number of hydrogen-bond donors (Lipinski definition) is 1. The van der Waals surface area contributed by atoms with E-state index in [0.717, 1.165) is 22.3 Å². The zero-order valence-corrected chi connectivity index (χ0v) is 14.0. The summed E-state index contributed by atoms with van der Waals surface area (Å²) in [4.78, 5) is 0. The summed E-state index contributed by atoms with van der Waals surface area (Å²) in [5, 5.41) is 3.64. The van der Waals surface area contributed by atoms with E-state index >= 15 is 0 Å². The highest BCUT2D eigenvalue weighted by atomic mass is 79.9. The Kier molecular flexibility index (Phi) is 6.03. The molecule has 0 atom stereocenters. The number of nitrogens with one attached hydrogen (secondary N) is 1. The van der Waals surface area contributed by atoms with Gasteiger partial charge in [-0.05, 0) is 40.7 Å². The van der Waals surface area contributed by atoms with Gasteiger partial charge in [0.1, 0.15) is 18.2 Å². The van der Waals surface area contributed by atoms with E-state index in [1.807, 2.05) is 25.1 Å². The van der Waals surface area contributed by atoms with Gasteiger partial charge in [-0.2, -0.15) is 0 Å². The molecule has 2 aromatic rings. The van der Waals surface area contributed by atoms with E-state index in [-0.39, 0.29) is 12.4 Å².